The fourth-order valence-electron chi connectivity index (χ4n) is 4.94. The number of halogens is 1. The molecule has 1 aliphatic rings. The molecule has 1 aromatic carbocycles. The molecule has 3 heterocycles. The lowest BCUT2D eigenvalue weighted by Gasteiger charge is -2.38. The van der Waals surface area contributed by atoms with E-state index in [2.05, 4.69) is 15.7 Å². The molecule has 0 radical (unpaired) electrons. The van der Waals surface area contributed by atoms with E-state index in [0.29, 0.717) is 36.0 Å². The molecule has 3 aromatic heterocycles. The van der Waals surface area contributed by atoms with Crippen LogP contribution in [-0.2, 0) is 27.2 Å². The summed E-state index contributed by atoms with van der Waals surface area (Å²) in [7, 11) is 3.27. The maximum Gasteiger partial charge on any atom is 0.328 e. The monoisotopic (exact) mass is 468 g/mol. The van der Waals surface area contributed by atoms with Crippen molar-refractivity contribution in [2.24, 2.45) is 14.1 Å². The van der Waals surface area contributed by atoms with E-state index in [-0.39, 0.29) is 24.3 Å². The van der Waals surface area contributed by atoms with E-state index in [0.717, 1.165) is 11.2 Å². The summed E-state index contributed by atoms with van der Waals surface area (Å²) in [6.45, 7) is 0.686. The summed E-state index contributed by atoms with van der Waals surface area (Å²) in [5, 5.41) is 32.3. The number of aliphatic hydroxyl groups is 2. The van der Waals surface area contributed by atoms with Gasteiger partial charge in [-0.2, -0.15) is 5.10 Å². The van der Waals surface area contributed by atoms with Gasteiger partial charge < -0.3 is 20.8 Å². The van der Waals surface area contributed by atoms with Crippen LogP contribution in [0.25, 0.3) is 16.6 Å². The number of nitrogens with one attached hydrogen (secondary N) is 2. The molecule has 34 heavy (non-hydrogen) atoms. The van der Waals surface area contributed by atoms with Crippen molar-refractivity contribution in [1.29, 1.82) is 0 Å². The molecule has 0 bridgehead atoms. The van der Waals surface area contributed by atoms with E-state index in [1.54, 1.807) is 26.4 Å². The molecule has 1 saturated carbocycles. The summed E-state index contributed by atoms with van der Waals surface area (Å²) in [5.74, 6) is -0.417. The zero-order valence-electron chi connectivity index (χ0n) is 19.1. The van der Waals surface area contributed by atoms with E-state index in [9.17, 15) is 19.4 Å². The van der Waals surface area contributed by atoms with Gasteiger partial charge >= 0.3 is 5.69 Å². The molecule has 0 spiro atoms. The molecule has 180 valence electrons. The molecule has 0 amide bonds. The molecule has 5 rings (SSSR count). The minimum Gasteiger partial charge on any atom is -0.389 e. The normalized spacial score (nSPS) is 23.2. The SMILES string of the molecule is Cn1c(=O)n(C)c2cc(CN[C@H]3CC[C@H](NCc4cccc5ccnn45)[C@@H](O)[C@H]3O)c(F)cc21. The van der Waals surface area contributed by atoms with Gasteiger partial charge in [-0.3, -0.25) is 9.13 Å². The summed E-state index contributed by atoms with van der Waals surface area (Å²) in [4.78, 5) is 12.1. The molecule has 1 aliphatic carbocycles. The lowest BCUT2D eigenvalue weighted by Crippen LogP contribution is -2.58. The van der Waals surface area contributed by atoms with Gasteiger partial charge in [0.15, 0.2) is 0 Å². The Bertz CT molecular complexity index is 1390. The Labute approximate surface area is 195 Å². The quantitative estimate of drug-likeness (QED) is 0.333. The van der Waals surface area contributed by atoms with Crippen molar-refractivity contribution in [3.63, 3.8) is 0 Å². The maximum atomic E-state index is 14.7. The van der Waals surface area contributed by atoms with Crippen LogP contribution in [0.2, 0.25) is 0 Å². The highest BCUT2D eigenvalue weighted by molar-refractivity contribution is 5.77. The Balaban J connectivity index is 1.22. The van der Waals surface area contributed by atoms with Crippen molar-refractivity contribution in [1.82, 2.24) is 29.4 Å². The fraction of sp³-hybridized carbons (Fsp3) is 0.417. The Morgan fingerprint density at radius 3 is 2.35 bits per heavy atom. The zero-order chi connectivity index (χ0) is 24.0. The highest BCUT2D eigenvalue weighted by atomic mass is 19.1. The van der Waals surface area contributed by atoms with Crippen molar-refractivity contribution in [2.45, 2.75) is 50.2 Å². The van der Waals surface area contributed by atoms with Crippen molar-refractivity contribution in [3.05, 3.63) is 70.2 Å². The predicted octanol–water partition coefficient (Wildman–Crippen LogP) is 0.796. The van der Waals surface area contributed by atoms with E-state index >= 15 is 0 Å². The average molecular weight is 469 g/mol. The van der Waals surface area contributed by atoms with E-state index in [1.165, 1.54) is 15.2 Å². The predicted molar refractivity (Wildman–Crippen MR) is 126 cm³/mol. The minimum absolute atomic E-state index is 0.179. The minimum atomic E-state index is -1.00. The van der Waals surface area contributed by atoms with Gasteiger partial charge in [0.05, 0.1) is 34.5 Å². The molecule has 1 fully saturated rings. The number of aryl methyl sites for hydroxylation is 2. The highest BCUT2D eigenvalue weighted by Gasteiger charge is 2.37. The number of aromatic nitrogens is 4. The molecule has 4 N–H and O–H groups in total. The first-order chi connectivity index (χ1) is 16.3. The number of imidazole rings is 1. The molecule has 4 aromatic rings. The summed E-state index contributed by atoms with van der Waals surface area (Å²) < 4.78 is 19.4. The van der Waals surface area contributed by atoms with Crippen LogP contribution in [0.15, 0.2) is 47.4 Å². The molecule has 4 atom stereocenters. The second-order valence-corrected chi connectivity index (χ2v) is 9.05. The fourth-order valence-corrected chi connectivity index (χ4v) is 4.94. The number of benzene rings is 1. The maximum absolute atomic E-state index is 14.7. The third-order valence-electron chi connectivity index (χ3n) is 7.00. The van der Waals surface area contributed by atoms with Gasteiger partial charge in [0.2, 0.25) is 0 Å². The van der Waals surface area contributed by atoms with Crippen molar-refractivity contribution < 1.29 is 14.6 Å². The molecule has 10 heteroatoms. The topological polar surface area (TPSA) is 109 Å². The third kappa shape index (κ3) is 3.92. The zero-order valence-corrected chi connectivity index (χ0v) is 19.1. The van der Waals surface area contributed by atoms with Gasteiger partial charge in [-0.15, -0.1) is 0 Å². The van der Waals surface area contributed by atoms with Gasteiger partial charge in [-0.1, -0.05) is 6.07 Å². The molecule has 0 saturated heterocycles. The number of pyridine rings is 1. The van der Waals surface area contributed by atoms with Gasteiger partial charge in [0, 0.05) is 57.1 Å². The molecule has 9 nitrogen and oxygen atoms in total. The molecular weight excluding hydrogens is 439 g/mol. The summed E-state index contributed by atoms with van der Waals surface area (Å²) >= 11 is 0. The van der Waals surface area contributed by atoms with E-state index in [4.69, 9.17) is 0 Å². The van der Waals surface area contributed by atoms with Crippen molar-refractivity contribution >= 4 is 16.6 Å². The van der Waals surface area contributed by atoms with E-state index < -0.39 is 18.0 Å². The number of hydrogen-bond donors (Lipinski definition) is 4. The average Bonchev–Trinajstić information content (AvgIpc) is 3.39. The first kappa shape index (κ1) is 22.7. The van der Waals surface area contributed by atoms with Crippen LogP contribution in [-0.4, -0.2) is 53.3 Å². The second-order valence-electron chi connectivity index (χ2n) is 9.05. The van der Waals surface area contributed by atoms with Crippen LogP contribution in [0.1, 0.15) is 24.1 Å². The Kier molecular flexibility index (Phi) is 5.98. The molecule has 0 unspecified atom stereocenters. The summed E-state index contributed by atoms with van der Waals surface area (Å²) in [6, 6.07) is 10.2. The van der Waals surface area contributed by atoms with Crippen LogP contribution >= 0.6 is 0 Å². The third-order valence-corrected chi connectivity index (χ3v) is 7.00. The lowest BCUT2D eigenvalue weighted by atomic mass is 9.85. The first-order valence-electron chi connectivity index (χ1n) is 11.4. The number of nitrogens with zero attached hydrogens (tertiary/aromatic N) is 4. The summed E-state index contributed by atoms with van der Waals surface area (Å²) in [5.41, 5.74) is 3.32. The molecular formula is C24H29FN6O3. The van der Waals surface area contributed by atoms with Gasteiger partial charge in [-0.05, 0) is 37.1 Å². The Morgan fingerprint density at radius 1 is 1.00 bits per heavy atom. The van der Waals surface area contributed by atoms with Gasteiger partial charge in [0.25, 0.3) is 0 Å². The summed E-state index contributed by atoms with van der Waals surface area (Å²) in [6.07, 6.45) is 1.05. The van der Waals surface area contributed by atoms with Crippen LogP contribution in [0.5, 0.6) is 0 Å². The van der Waals surface area contributed by atoms with Crippen LogP contribution in [0.4, 0.5) is 4.39 Å². The largest absolute Gasteiger partial charge is 0.389 e. The van der Waals surface area contributed by atoms with Crippen LogP contribution < -0.4 is 16.3 Å². The number of rotatable bonds is 6. The smallest absolute Gasteiger partial charge is 0.328 e. The van der Waals surface area contributed by atoms with Crippen LogP contribution in [0, 0.1) is 5.82 Å². The van der Waals surface area contributed by atoms with Crippen molar-refractivity contribution in [3.8, 4) is 0 Å². The first-order valence-corrected chi connectivity index (χ1v) is 11.4. The van der Waals surface area contributed by atoms with E-state index in [1.807, 2.05) is 28.8 Å². The Hall–Kier alpha value is -3.05. The number of aliphatic hydroxyl groups excluding tert-OH is 2. The molecule has 0 aliphatic heterocycles. The number of fused-ring (bicyclic) bond motifs is 2. The second kappa shape index (κ2) is 8.95. The van der Waals surface area contributed by atoms with Gasteiger partial charge in [-0.25, -0.2) is 13.7 Å². The lowest BCUT2D eigenvalue weighted by molar-refractivity contribution is -0.0489. The Morgan fingerprint density at radius 2 is 1.65 bits per heavy atom. The standard InChI is InChI=1S/C24H29FN6O3/c1-29-20-10-14(17(25)11-21(20)30(2)24(29)34)12-26-18-6-7-19(23(33)22(18)32)27-13-16-5-3-4-15-8-9-28-31(15)16/h3-5,8-11,18-19,22-23,26-27,32-33H,6-7,12-13H2,1-2H3/t18-,19-,22-,23+/m0/s1. The van der Waals surface area contributed by atoms with Crippen LogP contribution in [0.3, 0.4) is 0 Å². The highest BCUT2D eigenvalue weighted by Crippen LogP contribution is 2.23. The van der Waals surface area contributed by atoms with Gasteiger partial charge in [0.1, 0.15) is 5.82 Å². The van der Waals surface area contributed by atoms with Crippen molar-refractivity contribution in [2.75, 3.05) is 0 Å². The number of hydrogen-bond acceptors (Lipinski definition) is 6.